The molecule has 14 heavy (non-hydrogen) atoms. The van der Waals surface area contributed by atoms with Crippen molar-refractivity contribution in [2.24, 2.45) is 5.90 Å². The average molecular weight is 192 g/mol. The van der Waals surface area contributed by atoms with Crippen LogP contribution in [-0.4, -0.2) is 14.4 Å². The number of hydrogen-bond acceptors (Lipinski definition) is 4. The van der Waals surface area contributed by atoms with E-state index in [0.717, 1.165) is 11.3 Å². The van der Waals surface area contributed by atoms with Crippen LogP contribution in [0.25, 0.3) is 5.65 Å². The third-order valence-electron chi connectivity index (χ3n) is 2.23. The Morgan fingerprint density at radius 2 is 2.21 bits per heavy atom. The largest absolute Gasteiger partial charge is 0.298 e. The highest BCUT2D eigenvalue weighted by atomic mass is 16.6. The lowest BCUT2D eigenvalue weighted by atomic mass is 10.1. The van der Waals surface area contributed by atoms with Gasteiger partial charge in [0.2, 0.25) is 0 Å². The van der Waals surface area contributed by atoms with E-state index < -0.39 is 5.60 Å². The van der Waals surface area contributed by atoms with Crippen molar-refractivity contribution in [2.75, 3.05) is 0 Å². The molecule has 0 aliphatic heterocycles. The maximum Gasteiger partial charge on any atom is 0.155 e. The van der Waals surface area contributed by atoms with E-state index in [0.29, 0.717) is 0 Å². The van der Waals surface area contributed by atoms with Gasteiger partial charge in [0.15, 0.2) is 5.65 Å². The second kappa shape index (κ2) is 3.04. The lowest BCUT2D eigenvalue weighted by molar-refractivity contribution is -0.0274. The van der Waals surface area contributed by atoms with Crippen molar-refractivity contribution in [1.82, 2.24) is 14.4 Å². The molecule has 0 bridgehead atoms. The molecule has 0 spiro atoms. The normalized spacial score (nSPS) is 12.2. The van der Waals surface area contributed by atoms with Gasteiger partial charge < -0.3 is 0 Å². The summed E-state index contributed by atoms with van der Waals surface area (Å²) >= 11 is 0. The first-order valence-electron chi connectivity index (χ1n) is 4.30. The fraction of sp³-hybridized carbons (Fsp3) is 0.333. The van der Waals surface area contributed by atoms with Gasteiger partial charge in [-0.3, -0.25) is 14.2 Å². The van der Waals surface area contributed by atoms with Gasteiger partial charge in [0.25, 0.3) is 0 Å². The Morgan fingerprint density at radius 1 is 1.43 bits per heavy atom. The summed E-state index contributed by atoms with van der Waals surface area (Å²) in [5.74, 6) is 5.23. The summed E-state index contributed by atoms with van der Waals surface area (Å²) < 4.78 is 1.90. The van der Waals surface area contributed by atoms with Crippen molar-refractivity contribution >= 4 is 5.65 Å². The zero-order valence-corrected chi connectivity index (χ0v) is 8.14. The summed E-state index contributed by atoms with van der Waals surface area (Å²) in [6.45, 7) is 3.77. The average Bonchev–Trinajstić information content (AvgIpc) is 2.61. The van der Waals surface area contributed by atoms with Gasteiger partial charge in [0.05, 0.1) is 18.1 Å². The van der Waals surface area contributed by atoms with Crippen LogP contribution in [0.3, 0.4) is 0 Å². The van der Waals surface area contributed by atoms with Crippen LogP contribution < -0.4 is 5.90 Å². The predicted molar refractivity (Wildman–Crippen MR) is 51.3 cm³/mol. The van der Waals surface area contributed by atoms with Gasteiger partial charge in [0.1, 0.15) is 5.60 Å². The molecule has 5 heteroatoms. The van der Waals surface area contributed by atoms with Crippen LogP contribution in [0.15, 0.2) is 24.8 Å². The molecule has 0 aliphatic carbocycles. The number of rotatable bonds is 2. The zero-order chi connectivity index (χ0) is 10.2. The van der Waals surface area contributed by atoms with E-state index >= 15 is 0 Å². The molecule has 0 amide bonds. The second-order valence-electron chi connectivity index (χ2n) is 3.58. The molecule has 0 fully saturated rings. The van der Waals surface area contributed by atoms with E-state index in [1.54, 1.807) is 18.6 Å². The molecule has 5 nitrogen and oxygen atoms in total. The lowest BCUT2D eigenvalue weighted by Crippen LogP contribution is -2.26. The topological polar surface area (TPSA) is 65.4 Å². The number of aromatic nitrogens is 3. The molecule has 0 saturated carbocycles. The van der Waals surface area contributed by atoms with Crippen LogP contribution in [0.1, 0.15) is 19.5 Å². The lowest BCUT2D eigenvalue weighted by Gasteiger charge is -2.20. The van der Waals surface area contributed by atoms with Gasteiger partial charge in [-0.15, -0.1) is 0 Å². The first-order valence-corrected chi connectivity index (χ1v) is 4.30. The van der Waals surface area contributed by atoms with Gasteiger partial charge in [0, 0.05) is 12.4 Å². The molecule has 2 aromatic heterocycles. The van der Waals surface area contributed by atoms with Gasteiger partial charge in [-0.1, -0.05) is 0 Å². The van der Waals surface area contributed by atoms with Gasteiger partial charge in [-0.25, -0.2) is 10.9 Å². The number of nitrogens with zero attached hydrogens (tertiary/aromatic N) is 3. The van der Waals surface area contributed by atoms with Crippen molar-refractivity contribution in [1.29, 1.82) is 0 Å². The Kier molecular flexibility index (Phi) is 1.98. The fourth-order valence-electron chi connectivity index (χ4n) is 1.35. The minimum Gasteiger partial charge on any atom is -0.298 e. The van der Waals surface area contributed by atoms with Crippen LogP contribution in [-0.2, 0) is 10.4 Å². The number of fused-ring (bicyclic) bond motifs is 1. The Morgan fingerprint density at radius 3 is 2.93 bits per heavy atom. The van der Waals surface area contributed by atoms with E-state index in [-0.39, 0.29) is 0 Å². The van der Waals surface area contributed by atoms with Crippen LogP contribution >= 0.6 is 0 Å². The summed E-state index contributed by atoms with van der Waals surface area (Å²) in [7, 11) is 0. The molecule has 0 saturated heterocycles. The Bertz CT molecular complexity index is 449. The smallest absolute Gasteiger partial charge is 0.155 e. The summed E-state index contributed by atoms with van der Waals surface area (Å²) in [6, 6.07) is 0. The number of imidazole rings is 1. The summed E-state index contributed by atoms with van der Waals surface area (Å²) in [6.07, 6.45) is 6.96. The summed E-state index contributed by atoms with van der Waals surface area (Å²) in [5.41, 5.74) is 1.13. The number of nitrogens with two attached hydrogens (primary N) is 1. The summed E-state index contributed by atoms with van der Waals surface area (Å²) in [4.78, 5) is 13.1. The molecule has 2 rings (SSSR count). The Hall–Kier alpha value is -1.46. The van der Waals surface area contributed by atoms with Gasteiger partial charge >= 0.3 is 0 Å². The number of hydrogen-bond donors (Lipinski definition) is 1. The Balaban J connectivity index is 2.64. The molecule has 0 atom stereocenters. The van der Waals surface area contributed by atoms with Crippen molar-refractivity contribution in [2.45, 2.75) is 19.4 Å². The van der Waals surface area contributed by atoms with Crippen LogP contribution in [0.4, 0.5) is 0 Å². The third-order valence-corrected chi connectivity index (χ3v) is 2.23. The highest BCUT2D eigenvalue weighted by molar-refractivity contribution is 5.38. The van der Waals surface area contributed by atoms with E-state index in [9.17, 15) is 0 Å². The van der Waals surface area contributed by atoms with Crippen LogP contribution in [0.2, 0.25) is 0 Å². The fourth-order valence-corrected chi connectivity index (χ4v) is 1.35. The first kappa shape index (κ1) is 9.11. The molecule has 0 aliphatic rings. The van der Waals surface area contributed by atoms with Crippen molar-refractivity contribution < 1.29 is 4.84 Å². The van der Waals surface area contributed by atoms with Gasteiger partial charge in [-0.05, 0) is 13.8 Å². The highest BCUT2D eigenvalue weighted by Crippen LogP contribution is 2.22. The Labute approximate surface area is 81.5 Å². The second-order valence-corrected chi connectivity index (χ2v) is 3.58. The minimum atomic E-state index is -0.555. The van der Waals surface area contributed by atoms with Crippen LogP contribution in [0.5, 0.6) is 0 Å². The molecule has 0 aromatic carbocycles. The van der Waals surface area contributed by atoms with E-state index in [1.807, 2.05) is 24.4 Å². The monoisotopic (exact) mass is 192 g/mol. The maximum absolute atomic E-state index is 5.23. The van der Waals surface area contributed by atoms with Crippen molar-refractivity contribution in [3.05, 3.63) is 30.5 Å². The zero-order valence-electron chi connectivity index (χ0n) is 8.14. The molecular formula is C9H12N4O. The highest BCUT2D eigenvalue weighted by Gasteiger charge is 2.24. The maximum atomic E-state index is 5.23. The minimum absolute atomic E-state index is 0.555. The molecule has 2 aromatic rings. The van der Waals surface area contributed by atoms with Crippen molar-refractivity contribution in [3.63, 3.8) is 0 Å². The standard InChI is InChI=1S/C9H12N4O/c1-9(2,14-10)7-5-12-8-6-11-3-4-13(7)8/h3-6H,10H2,1-2H3. The first-order chi connectivity index (χ1) is 6.65. The van der Waals surface area contributed by atoms with Gasteiger partial charge in [-0.2, -0.15) is 0 Å². The molecule has 2 heterocycles. The SMILES string of the molecule is CC(C)(ON)c1cnc2cnccn12. The van der Waals surface area contributed by atoms with E-state index in [1.165, 1.54) is 0 Å². The molecular weight excluding hydrogens is 180 g/mol. The van der Waals surface area contributed by atoms with E-state index in [4.69, 9.17) is 10.7 Å². The van der Waals surface area contributed by atoms with Crippen molar-refractivity contribution in [3.8, 4) is 0 Å². The molecule has 2 N–H and O–H groups in total. The molecule has 74 valence electrons. The predicted octanol–water partition coefficient (Wildman–Crippen LogP) is 0.855. The molecule has 0 radical (unpaired) electrons. The summed E-state index contributed by atoms with van der Waals surface area (Å²) in [5, 5.41) is 0. The third kappa shape index (κ3) is 1.26. The molecule has 0 unspecified atom stereocenters. The van der Waals surface area contributed by atoms with Crippen LogP contribution in [0, 0.1) is 0 Å². The quantitative estimate of drug-likeness (QED) is 0.716. The van der Waals surface area contributed by atoms with E-state index in [2.05, 4.69) is 9.97 Å².